The molecule has 1 aliphatic rings. The van der Waals surface area contributed by atoms with Crippen molar-refractivity contribution < 1.29 is 14.7 Å². The molecule has 0 spiro atoms. The zero-order valence-corrected chi connectivity index (χ0v) is 9.66. The molecule has 1 saturated heterocycles. The van der Waals surface area contributed by atoms with Crippen LogP contribution >= 0.6 is 0 Å². The van der Waals surface area contributed by atoms with Crippen LogP contribution in [0.4, 0.5) is 0 Å². The number of carbonyl (C=O) groups is 2. The Hall–Kier alpha value is -1.10. The summed E-state index contributed by atoms with van der Waals surface area (Å²) in [6, 6.07) is 0. The molecule has 1 aliphatic heterocycles. The summed E-state index contributed by atoms with van der Waals surface area (Å²) in [7, 11) is 0. The molecule has 16 heavy (non-hydrogen) atoms. The summed E-state index contributed by atoms with van der Waals surface area (Å²) in [4.78, 5) is 22.4. The van der Waals surface area contributed by atoms with E-state index in [1.165, 1.54) is 0 Å². The monoisotopic (exact) mass is 228 g/mol. The lowest BCUT2D eigenvalue weighted by Crippen LogP contribution is -2.32. The first-order valence-electron chi connectivity index (χ1n) is 5.78. The van der Waals surface area contributed by atoms with Crippen molar-refractivity contribution >= 4 is 11.8 Å². The van der Waals surface area contributed by atoms with Crippen LogP contribution in [0.15, 0.2) is 0 Å². The Labute approximate surface area is 95.6 Å². The van der Waals surface area contributed by atoms with Crippen molar-refractivity contribution in [3.05, 3.63) is 0 Å². The second-order valence-electron chi connectivity index (χ2n) is 4.43. The number of rotatable bonds is 6. The Kier molecular flexibility index (Phi) is 5.25. The molecular weight excluding hydrogens is 208 g/mol. The molecule has 3 N–H and O–H groups in total. The molecular formula is C11H20N2O3. The maximum atomic E-state index is 11.6. The lowest BCUT2D eigenvalue weighted by Gasteiger charge is -2.10. The molecule has 1 fully saturated rings. The van der Waals surface area contributed by atoms with Crippen molar-refractivity contribution in [3.63, 3.8) is 0 Å². The van der Waals surface area contributed by atoms with Crippen molar-refractivity contribution in [2.75, 3.05) is 19.7 Å². The molecule has 2 amide bonds. The van der Waals surface area contributed by atoms with E-state index < -0.39 is 0 Å². The molecule has 0 saturated carbocycles. The van der Waals surface area contributed by atoms with E-state index in [0.29, 0.717) is 19.5 Å². The lowest BCUT2D eigenvalue weighted by atomic mass is 10.1. The molecule has 5 nitrogen and oxygen atoms in total. The van der Waals surface area contributed by atoms with Gasteiger partial charge >= 0.3 is 0 Å². The first-order chi connectivity index (χ1) is 7.63. The average Bonchev–Trinajstić information content (AvgIpc) is 2.70. The Balaban J connectivity index is 2.09. The second-order valence-corrected chi connectivity index (χ2v) is 4.43. The highest BCUT2D eigenvalue weighted by Crippen LogP contribution is 2.09. The van der Waals surface area contributed by atoms with E-state index in [1.54, 1.807) is 0 Å². The van der Waals surface area contributed by atoms with Gasteiger partial charge in [-0.3, -0.25) is 9.59 Å². The number of hydrogen-bond donors (Lipinski definition) is 3. The van der Waals surface area contributed by atoms with Crippen molar-refractivity contribution in [1.82, 2.24) is 10.6 Å². The van der Waals surface area contributed by atoms with Crippen LogP contribution in [0.25, 0.3) is 0 Å². The van der Waals surface area contributed by atoms with Crippen LogP contribution < -0.4 is 10.6 Å². The first-order valence-corrected chi connectivity index (χ1v) is 5.78. The quantitative estimate of drug-likeness (QED) is 0.544. The Morgan fingerprint density at radius 3 is 3.00 bits per heavy atom. The van der Waals surface area contributed by atoms with E-state index in [9.17, 15) is 9.59 Å². The normalized spacial score (nSPS) is 21.6. The zero-order valence-electron chi connectivity index (χ0n) is 9.66. The summed E-state index contributed by atoms with van der Waals surface area (Å²) in [6.45, 7) is 3.24. The molecule has 0 aromatic carbocycles. The fraction of sp³-hybridized carbons (Fsp3) is 0.818. The van der Waals surface area contributed by atoms with Crippen molar-refractivity contribution in [3.8, 4) is 0 Å². The summed E-state index contributed by atoms with van der Waals surface area (Å²) < 4.78 is 0. The molecule has 0 aromatic heterocycles. The second kappa shape index (κ2) is 6.48. The third-order valence-corrected chi connectivity index (χ3v) is 2.83. The molecule has 1 heterocycles. The minimum absolute atomic E-state index is 0.0463. The van der Waals surface area contributed by atoms with Crippen LogP contribution in [0.3, 0.4) is 0 Å². The SMILES string of the molecule is CC(CO)CCCNC(=O)C1CNC(=O)C1. The smallest absolute Gasteiger partial charge is 0.225 e. The number of nitrogens with one attached hydrogen (secondary N) is 2. The zero-order chi connectivity index (χ0) is 12.0. The Bertz CT molecular complexity index is 256. The summed E-state index contributed by atoms with van der Waals surface area (Å²) in [6.07, 6.45) is 2.07. The molecule has 92 valence electrons. The van der Waals surface area contributed by atoms with Gasteiger partial charge in [0.15, 0.2) is 0 Å². The van der Waals surface area contributed by atoms with Gasteiger partial charge in [0.1, 0.15) is 0 Å². The topological polar surface area (TPSA) is 78.4 Å². The number of hydrogen-bond acceptors (Lipinski definition) is 3. The van der Waals surface area contributed by atoms with Crippen LogP contribution in [0.1, 0.15) is 26.2 Å². The highest BCUT2D eigenvalue weighted by Gasteiger charge is 2.27. The Morgan fingerprint density at radius 1 is 1.69 bits per heavy atom. The predicted molar refractivity (Wildman–Crippen MR) is 59.6 cm³/mol. The van der Waals surface area contributed by atoms with Crippen molar-refractivity contribution in [2.45, 2.75) is 26.2 Å². The standard InChI is InChI=1S/C11H20N2O3/c1-8(7-14)3-2-4-12-11(16)9-5-10(15)13-6-9/h8-9,14H,2-7H2,1H3,(H,12,16)(H,13,15). The van der Waals surface area contributed by atoms with Crippen LogP contribution in [-0.4, -0.2) is 36.6 Å². The number of carbonyl (C=O) groups excluding carboxylic acids is 2. The molecule has 1 rings (SSSR count). The van der Waals surface area contributed by atoms with Gasteiger partial charge in [0.2, 0.25) is 11.8 Å². The highest BCUT2D eigenvalue weighted by molar-refractivity contribution is 5.89. The third-order valence-electron chi connectivity index (χ3n) is 2.83. The molecule has 2 atom stereocenters. The van der Waals surface area contributed by atoms with Crippen LogP contribution in [0.5, 0.6) is 0 Å². The van der Waals surface area contributed by atoms with E-state index in [4.69, 9.17) is 5.11 Å². The molecule has 5 heteroatoms. The van der Waals surface area contributed by atoms with Crippen LogP contribution in [0, 0.1) is 11.8 Å². The van der Waals surface area contributed by atoms with E-state index in [1.807, 2.05) is 6.92 Å². The van der Waals surface area contributed by atoms with E-state index in [0.717, 1.165) is 12.8 Å². The predicted octanol–water partition coefficient (Wildman–Crippen LogP) is -0.353. The van der Waals surface area contributed by atoms with Gasteiger partial charge in [0, 0.05) is 26.1 Å². The van der Waals surface area contributed by atoms with E-state index >= 15 is 0 Å². The fourth-order valence-electron chi connectivity index (χ4n) is 1.69. The van der Waals surface area contributed by atoms with E-state index in [-0.39, 0.29) is 30.3 Å². The average molecular weight is 228 g/mol. The van der Waals surface area contributed by atoms with Crippen molar-refractivity contribution in [2.24, 2.45) is 11.8 Å². The van der Waals surface area contributed by atoms with Crippen LogP contribution in [-0.2, 0) is 9.59 Å². The van der Waals surface area contributed by atoms with Crippen LogP contribution in [0.2, 0.25) is 0 Å². The van der Waals surface area contributed by atoms with Gasteiger partial charge in [0.25, 0.3) is 0 Å². The third kappa shape index (κ3) is 4.18. The lowest BCUT2D eigenvalue weighted by molar-refractivity contribution is -0.126. The van der Waals surface area contributed by atoms with Gasteiger partial charge in [-0.2, -0.15) is 0 Å². The summed E-state index contributed by atoms with van der Waals surface area (Å²) >= 11 is 0. The minimum Gasteiger partial charge on any atom is -0.396 e. The Morgan fingerprint density at radius 2 is 2.44 bits per heavy atom. The maximum Gasteiger partial charge on any atom is 0.225 e. The molecule has 0 aromatic rings. The first kappa shape index (κ1) is 13.0. The van der Waals surface area contributed by atoms with Gasteiger partial charge in [-0.15, -0.1) is 0 Å². The minimum atomic E-state index is -0.206. The number of aliphatic hydroxyl groups is 1. The molecule has 0 bridgehead atoms. The van der Waals surface area contributed by atoms with Gasteiger partial charge in [-0.1, -0.05) is 6.92 Å². The highest BCUT2D eigenvalue weighted by atomic mass is 16.3. The number of aliphatic hydroxyl groups excluding tert-OH is 1. The van der Waals surface area contributed by atoms with E-state index in [2.05, 4.69) is 10.6 Å². The fourth-order valence-corrected chi connectivity index (χ4v) is 1.69. The largest absolute Gasteiger partial charge is 0.396 e. The van der Waals surface area contributed by atoms with Gasteiger partial charge < -0.3 is 15.7 Å². The van der Waals surface area contributed by atoms with Gasteiger partial charge in [-0.05, 0) is 18.8 Å². The van der Waals surface area contributed by atoms with Gasteiger partial charge in [0.05, 0.1) is 5.92 Å². The summed E-state index contributed by atoms with van der Waals surface area (Å²) in [5.74, 6) is -0.0153. The molecule has 0 radical (unpaired) electrons. The maximum absolute atomic E-state index is 11.6. The summed E-state index contributed by atoms with van der Waals surface area (Å²) in [5.41, 5.74) is 0. The molecule has 0 aliphatic carbocycles. The number of amides is 2. The van der Waals surface area contributed by atoms with Crippen molar-refractivity contribution in [1.29, 1.82) is 0 Å². The van der Waals surface area contributed by atoms with Gasteiger partial charge in [-0.25, -0.2) is 0 Å². The summed E-state index contributed by atoms with van der Waals surface area (Å²) in [5, 5.41) is 14.3. The molecule has 2 unspecified atom stereocenters.